The van der Waals surface area contributed by atoms with Crippen LogP contribution in [0.5, 0.6) is 0 Å². The number of aliphatic hydroxyl groups is 2. The summed E-state index contributed by atoms with van der Waals surface area (Å²) in [5.41, 5.74) is 0. The Morgan fingerprint density at radius 2 is 0.836 bits per heavy atom. The fourth-order valence-corrected chi connectivity index (χ4v) is 7.74. The van der Waals surface area contributed by atoms with E-state index in [2.05, 4.69) is 123 Å². The zero-order valence-electron chi connectivity index (χ0n) is 43.5. The fourth-order valence-electron chi connectivity index (χ4n) is 7.74. The molecular weight excluding hydrogens is 827 g/mol. The van der Waals surface area contributed by atoms with E-state index in [1.54, 1.807) is 6.08 Å². The first-order chi connectivity index (χ1) is 33.0. The number of rotatable bonds is 48. The molecular formula is C61H103NO5. The maximum atomic E-state index is 13.2. The lowest BCUT2D eigenvalue weighted by Crippen LogP contribution is -2.46. The monoisotopic (exact) mass is 930 g/mol. The molecule has 0 aromatic rings. The quantitative estimate of drug-likeness (QED) is 0.0321. The minimum atomic E-state index is -0.829. The van der Waals surface area contributed by atoms with Crippen molar-refractivity contribution >= 4 is 11.9 Å². The molecule has 3 atom stereocenters. The SMILES string of the molecule is CC/C=C\C/C=C\C/C=C\C/C=C\C/C=C\C/C=C\C(CC(=O)NC(CO)C(O)CCCCCCCCCCCCCCCCC)OC(=O)CCCCCCCC/C=C/C/C=C/C/C=C/CC. The van der Waals surface area contributed by atoms with Crippen LogP contribution in [0.3, 0.4) is 0 Å². The molecule has 0 saturated heterocycles. The lowest BCUT2D eigenvalue weighted by Gasteiger charge is -2.23. The number of ether oxygens (including phenoxy) is 1. The van der Waals surface area contributed by atoms with Gasteiger partial charge in [0, 0.05) is 6.42 Å². The summed E-state index contributed by atoms with van der Waals surface area (Å²) < 4.78 is 5.83. The van der Waals surface area contributed by atoms with Gasteiger partial charge in [0.15, 0.2) is 0 Å². The van der Waals surface area contributed by atoms with Gasteiger partial charge in [-0.1, -0.05) is 246 Å². The highest BCUT2D eigenvalue weighted by Gasteiger charge is 2.23. The number of allylic oxidation sites excluding steroid dienone is 17. The average Bonchev–Trinajstić information content (AvgIpc) is 3.32. The van der Waals surface area contributed by atoms with Crippen LogP contribution in [0.2, 0.25) is 0 Å². The molecule has 6 heteroatoms. The normalized spacial score (nSPS) is 14.0. The Kier molecular flexibility index (Phi) is 50.7. The van der Waals surface area contributed by atoms with Gasteiger partial charge < -0.3 is 20.3 Å². The highest BCUT2D eigenvalue weighted by Crippen LogP contribution is 2.16. The van der Waals surface area contributed by atoms with Crippen LogP contribution in [-0.4, -0.2) is 46.9 Å². The van der Waals surface area contributed by atoms with Gasteiger partial charge in [-0.2, -0.15) is 0 Å². The average molecular weight is 930 g/mol. The van der Waals surface area contributed by atoms with E-state index in [1.807, 2.05) is 6.08 Å². The van der Waals surface area contributed by atoms with Gasteiger partial charge in [-0.05, 0) is 89.5 Å². The Balaban J connectivity index is 4.77. The Morgan fingerprint density at radius 3 is 1.27 bits per heavy atom. The molecule has 0 aliphatic carbocycles. The molecule has 3 N–H and O–H groups in total. The molecule has 382 valence electrons. The van der Waals surface area contributed by atoms with Crippen molar-refractivity contribution < 1.29 is 24.5 Å². The summed E-state index contributed by atoms with van der Waals surface area (Å²) in [5.74, 6) is -0.650. The first-order valence-corrected chi connectivity index (χ1v) is 27.6. The molecule has 0 aliphatic heterocycles. The van der Waals surface area contributed by atoms with Crippen LogP contribution in [0.15, 0.2) is 109 Å². The maximum Gasteiger partial charge on any atom is 0.306 e. The molecule has 0 saturated carbocycles. The van der Waals surface area contributed by atoms with Crippen LogP contribution in [-0.2, 0) is 14.3 Å². The van der Waals surface area contributed by atoms with Crippen molar-refractivity contribution in [2.45, 2.75) is 257 Å². The summed E-state index contributed by atoms with van der Waals surface area (Å²) in [4.78, 5) is 26.2. The number of nitrogens with one attached hydrogen (secondary N) is 1. The van der Waals surface area contributed by atoms with Gasteiger partial charge in [-0.25, -0.2) is 0 Å². The minimum Gasteiger partial charge on any atom is -0.458 e. The van der Waals surface area contributed by atoms with E-state index in [-0.39, 0.29) is 24.9 Å². The molecule has 1 amide bonds. The van der Waals surface area contributed by atoms with Crippen LogP contribution in [0.25, 0.3) is 0 Å². The maximum absolute atomic E-state index is 13.2. The van der Waals surface area contributed by atoms with Gasteiger partial charge in [0.25, 0.3) is 0 Å². The molecule has 0 spiro atoms. The van der Waals surface area contributed by atoms with E-state index >= 15 is 0 Å². The second kappa shape index (κ2) is 53.5. The summed E-state index contributed by atoms with van der Waals surface area (Å²) >= 11 is 0. The number of amides is 1. The summed E-state index contributed by atoms with van der Waals surface area (Å²) in [6, 6.07) is -0.753. The first-order valence-electron chi connectivity index (χ1n) is 27.6. The zero-order valence-corrected chi connectivity index (χ0v) is 43.5. The van der Waals surface area contributed by atoms with Gasteiger partial charge in [0.2, 0.25) is 5.91 Å². The number of hydrogen-bond acceptors (Lipinski definition) is 5. The van der Waals surface area contributed by atoms with Gasteiger partial charge in [-0.3, -0.25) is 9.59 Å². The topological polar surface area (TPSA) is 95.9 Å². The van der Waals surface area contributed by atoms with Crippen molar-refractivity contribution in [2.24, 2.45) is 0 Å². The van der Waals surface area contributed by atoms with E-state index in [0.717, 1.165) is 103 Å². The number of hydrogen-bond donors (Lipinski definition) is 3. The molecule has 0 fully saturated rings. The van der Waals surface area contributed by atoms with E-state index in [9.17, 15) is 19.8 Å². The molecule has 3 unspecified atom stereocenters. The molecule has 0 aromatic heterocycles. The molecule has 0 rings (SSSR count). The van der Waals surface area contributed by atoms with Crippen molar-refractivity contribution in [1.82, 2.24) is 5.32 Å². The number of unbranched alkanes of at least 4 members (excludes halogenated alkanes) is 20. The third-order valence-corrected chi connectivity index (χ3v) is 11.8. The Hall–Kier alpha value is -3.48. The molecule has 0 heterocycles. The minimum absolute atomic E-state index is 0.0584. The Bertz CT molecular complexity index is 1370. The summed E-state index contributed by atoms with van der Waals surface area (Å²) in [7, 11) is 0. The smallest absolute Gasteiger partial charge is 0.306 e. The molecule has 0 aliphatic rings. The van der Waals surface area contributed by atoms with Crippen molar-refractivity contribution in [1.29, 1.82) is 0 Å². The second-order valence-corrected chi connectivity index (χ2v) is 18.2. The lowest BCUT2D eigenvalue weighted by atomic mass is 10.0. The predicted octanol–water partition coefficient (Wildman–Crippen LogP) is 17.1. The van der Waals surface area contributed by atoms with Crippen LogP contribution in [0.4, 0.5) is 0 Å². The van der Waals surface area contributed by atoms with Crippen LogP contribution < -0.4 is 5.32 Å². The predicted molar refractivity (Wildman–Crippen MR) is 291 cm³/mol. The van der Waals surface area contributed by atoms with Crippen LogP contribution in [0, 0.1) is 0 Å². The van der Waals surface area contributed by atoms with Gasteiger partial charge in [0.1, 0.15) is 6.10 Å². The van der Waals surface area contributed by atoms with Crippen molar-refractivity contribution in [3.63, 3.8) is 0 Å². The van der Waals surface area contributed by atoms with E-state index < -0.39 is 18.2 Å². The largest absolute Gasteiger partial charge is 0.458 e. The highest BCUT2D eigenvalue weighted by atomic mass is 16.5. The van der Waals surface area contributed by atoms with Crippen molar-refractivity contribution in [2.75, 3.05) is 6.61 Å². The van der Waals surface area contributed by atoms with Crippen molar-refractivity contribution in [3.8, 4) is 0 Å². The van der Waals surface area contributed by atoms with Gasteiger partial charge >= 0.3 is 5.97 Å². The van der Waals surface area contributed by atoms with E-state index in [0.29, 0.717) is 19.3 Å². The molecule has 0 aromatic carbocycles. The lowest BCUT2D eigenvalue weighted by molar-refractivity contribution is -0.148. The molecule has 0 bridgehead atoms. The van der Waals surface area contributed by atoms with Crippen LogP contribution in [0.1, 0.15) is 239 Å². The number of carbonyl (C=O) groups excluding carboxylic acids is 2. The summed E-state index contributed by atoms with van der Waals surface area (Å²) in [6.45, 7) is 6.23. The fraction of sp³-hybridized carbons (Fsp3) is 0.672. The third-order valence-electron chi connectivity index (χ3n) is 11.8. The number of esters is 1. The van der Waals surface area contributed by atoms with Crippen LogP contribution >= 0.6 is 0 Å². The molecule has 6 nitrogen and oxygen atoms in total. The highest BCUT2D eigenvalue weighted by molar-refractivity contribution is 5.78. The molecule has 0 radical (unpaired) electrons. The summed E-state index contributed by atoms with van der Waals surface area (Å²) in [5, 5.41) is 23.8. The van der Waals surface area contributed by atoms with Gasteiger partial charge in [-0.15, -0.1) is 0 Å². The Morgan fingerprint density at radius 1 is 0.463 bits per heavy atom. The standard InChI is InChI=1S/C61H103NO5/c1-4-7-10-13-16-19-22-25-28-30-32-34-37-40-43-46-49-52-57(67-61(66)54-51-48-45-42-39-36-33-29-26-23-20-17-14-11-8-5-2)55-60(65)62-58(56-63)59(64)53-50-47-44-41-38-35-31-27-24-21-18-15-12-9-6-3/h7-8,10-11,16-17,19-20,25-26,28-29,32,34,40,43,49,52,57-59,63-64H,4-6,9,12-15,18,21-24,27,30-31,33,35-39,41-42,44-48,50-51,53-56H2,1-3H3,(H,62,65)/b10-7-,11-8+,19-16-,20-17+,28-25-,29-26+,34-32-,43-40-,52-49-. The van der Waals surface area contributed by atoms with Crippen molar-refractivity contribution in [3.05, 3.63) is 109 Å². The van der Waals surface area contributed by atoms with Gasteiger partial charge in [0.05, 0.1) is 25.2 Å². The first kappa shape index (κ1) is 63.5. The zero-order chi connectivity index (χ0) is 48.8. The number of carbonyl (C=O) groups is 2. The third kappa shape index (κ3) is 48.8. The summed E-state index contributed by atoms with van der Waals surface area (Å²) in [6.07, 6.45) is 73.2. The second-order valence-electron chi connectivity index (χ2n) is 18.2. The Labute approximate surface area is 413 Å². The van der Waals surface area contributed by atoms with E-state index in [1.165, 1.54) is 89.9 Å². The number of aliphatic hydroxyl groups excluding tert-OH is 2. The van der Waals surface area contributed by atoms with E-state index in [4.69, 9.17) is 4.74 Å². The molecule has 67 heavy (non-hydrogen) atoms.